The minimum atomic E-state index is -0.488. The molecule has 16 heavy (non-hydrogen) atoms. The van der Waals surface area contributed by atoms with Gasteiger partial charge in [-0.1, -0.05) is 0 Å². The highest BCUT2D eigenvalue weighted by Gasteiger charge is 2.26. The van der Waals surface area contributed by atoms with Gasteiger partial charge >= 0.3 is 6.09 Å². The van der Waals surface area contributed by atoms with Gasteiger partial charge in [0.25, 0.3) is 0 Å². The van der Waals surface area contributed by atoms with Crippen LogP contribution in [0.15, 0.2) is 12.3 Å². The lowest BCUT2D eigenvalue weighted by molar-refractivity contribution is -0.0268. The maximum Gasteiger partial charge on any atom is 0.410 e. The van der Waals surface area contributed by atoms with E-state index in [9.17, 15) is 4.79 Å². The quantitative estimate of drug-likeness (QED) is 0.695. The second kappa shape index (κ2) is 5.21. The second-order valence-corrected chi connectivity index (χ2v) is 4.68. The number of hydrogen-bond donors (Lipinski definition) is 1. The zero-order chi connectivity index (χ0) is 12.2. The summed E-state index contributed by atoms with van der Waals surface area (Å²) in [6.45, 7) is 6.87. The molecule has 1 fully saturated rings. The number of hydrogen-bond acceptors (Lipinski definition) is 4. The second-order valence-electron chi connectivity index (χ2n) is 4.68. The van der Waals surface area contributed by atoms with Gasteiger partial charge in [0.1, 0.15) is 5.60 Å². The number of carbonyl (C=O) groups excluding carboxylic acids is 1. The molecular formula is C11H19NO4. The van der Waals surface area contributed by atoms with E-state index in [1.165, 1.54) is 6.08 Å². The van der Waals surface area contributed by atoms with Gasteiger partial charge in [0.05, 0.1) is 25.5 Å². The van der Waals surface area contributed by atoms with Crippen LogP contribution in [0.2, 0.25) is 0 Å². The molecule has 5 heteroatoms. The average molecular weight is 229 g/mol. The summed E-state index contributed by atoms with van der Waals surface area (Å²) in [6.07, 6.45) is 1.85. The summed E-state index contributed by atoms with van der Waals surface area (Å²) < 4.78 is 10.6. The van der Waals surface area contributed by atoms with E-state index < -0.39 is 5.60 Å². The first kappa shape index (κ1) is 12.8. The minimum absolute atomic E-state index is 0.258. The Hall–Kier alpha value is -1.23. The highest BCUT2D eigenvalue weighted by atomic mass is 16.6. The van der Waals surface area contributed by atoms with Crippen LogP contribution in [0.3, 0.4) is 0 Å². The van der Waals surface area contributed by atoms with E-state index in [-0.39, 0.29) is 12.2 Å². The van der Waals surface area contributed by atoms with Crippen LogP contribution in [-0.2, 0) is 9.47 Å². The largest absolute Gasteiger partial charge is 0.516 e. The van der Waals surface area contributed by atoms with Crippen molar-refractivity contribution in [1.82, 2.24) is 4.90 Å². The fraction of sp³-hybridized carbons (Fsp3) is 0.727. The normalized spacial score (nSPS) is 22.4. The van der Waals surface area contributed by atoms with Gasteiger partial charge in [-0.05, 0) is 26.8 Å². The third-order valence-corrected chi connectivity index (χ3v) is 2.05. The lowest BCUT2D eigenvalue weighted by Crippen LogP contribution is -2.46. The van der Waals surface area contributed by atoms with Crippen molar-refractivity contribution in [3.8, 4) is 0 Å². The molecule has 0 aromatic carbocycles. The van der Waals surface area contributed by atoms with E-state index in [1.807, 2.05) is 20.8 Å². The molecule has 0 saturated carbocycles. The van der Waals surface area contributed by atoms with Crippen LogP contribution in [0.4, 0.5) is 4.79 Å². The lowest BCUT2D eigenvalue weighted by atomic mass is 10.2. The Labute approximate surface area is 95.6 Å². The van der Waals surface area contributed by atoms with Crippen molar-refractivity contribution in [2.24, 2.45) is 0 Å². The van der Waals surface area contributed by atoms with E-state index in [1.54, 1.807) is 4.90 Å². The smallest absolute Gasteiger partial charge is 0.410 e. The minimum Gasteiger partial charge on any atom is -0.516 e. The summed E-state index contributed by atoms with van der Waals surface area (Å²) in [5.41, 5.74) is -0.488. The predicted octanol–water partition coefficient (Wildman–Crippen LogP) is 1.69. The molecule has 1 N–H and O–H groups in total. The molecule has 0 spiro atoms. The van der Waals surface area contributed by atoms with Crippen LogP contribution in [-0.4, -0.2) is 47.5 Å². The number of aliphatic hydroxyl groups is 1. The van der Waals surface area contributed by atoms with Crippen LogP contribution in [0.5, 0.6) is 0 Å². The number of morpholine rings is 1. The zero-order valence-corrected chi connectivity index (χ0v) is 9.97. The number of aliphatic hydroxyl groups excluding tert-OH is 1. The molecule has 1 atom stereocenters. The monoisotopic (exact) mass is 229 g/mol. The summed E-state index contributed by atoms with van der Waals surface area (Å²) in [5, 5.41) is 8.63. The van der Waals surface area contributed by atoms with E-state index in [0.29, 0.717) is 19.7 Å². The number of nitrogens with zero attached hydrogens (tertiary/aromatic N) is 1. The van der Waals surface area contributed by atoms with Crippen LogP contribution >= 0.6 is 0 Å². The zero-order valence-electron chi connectivity index (χ0n) is 9.97. The van der Waals surface area contributed by atoms with Gasteiger partial charge in [-0.2, -0.15) is 0 Å². The third kappa shape index (κ3) is 4.10. The van der Waals surface area contributed by atoms with Gasteiger partial charge < -0.3 is 19.5 Å². The summed E-state index contributed by atoms with van der Waals surface area (Å²) in [4.78, 5) is 13.3. The maximum absolute atomic E-state index is 11.7. The van der Waals surface area contributed by atoms with Crippen molar-refractivity contribution in [3.05, 3.63) is 12.3 Å². The molecule has 1 heterocycles. The first-order chi connectivity index (χ1) is 7.42. The topological polar surface area (TPSA) is 59.0 Å². The summed E-state index contributed by atoms with van der Waals surface area (Å²) in [5.74, 6) is 0. The van der Waals surface area contributed by atoms with E-state index in [0.717, 1.165) is 6.26 Å². The fourth-order valence-corrected chi connectivity index (χ4v) is 1.38. The van der Waals surface area contributed by atoms with Gasteiger partial charge in [-0.3, -0.25) is 0 Å². The molecule has 0 unspecified atom stereocenters. The molecule has 5 nitrogen and oxygen atoms in total. The van der Waals surface area contributed by atoms with Crippen molar-refractivity contribution in [2.75, 3.05) is 19.7 Å². The van der Waals surface area contributed by atoms with Crippen molar-refractivity contribution < 1.29 is 19.4 Å². The Balaban J connectivity index is 2.50. The van der Waals surface area contributed by atoms with Crippen molar-refractivity contribution >= 4 is 6.09 Å². The van der Waals surface area contributed by atoms with E-state index >= 15 is 0 Å². The molecule has 1 aliphatic heterocycles. The lowest BCUT2D eigenvalue weighted by Gasteiger charge is -2.33. The highest BCUT2D eigenvalue weighted by molar-refractivity contribution is 5.68. The Morgan fingerprint density at radius 2 is 2.25 bits per heavy atom. The summed E-state index contributed by atoms with van der Waals surface area (Å²) in [7, 11) is 0. The molecule has 1 amide bonds. The molecule has 0 aromatic rings. The molecular weight excluding hydrogens is 210 g/mol. The SMILES string of the molecule is CC(C)(C)OC(=O)N1CCO[C@H](/C=C/O)C1. The highest BCUT2D eigenvalue weighted by Crippen LogP contribution is 2.13. The standard InChI is InChI=1S/C11H19NO4/c1-11(2,3)16-10(14)12-5-7-15-9(8-12)4-6-13/h4,6,9,13H,5,7-8H2,1-3H3/b6-4+/t9-/m1/s1. The van der Waals surface area contributed by atoms with Crippen LogP contribution < -0.4 is 0 Å². The maximum atomic E-state index is 11.7. The molecule has 0 radical (unpaired) electrons. The van der Waals surface area contributed by atoms with Gasteiger partial charge in [-0.15, -0.1) is 0 Å². The molecule has 1 rings (SSSR count). The van der Waals surface area contributed by atoms with Gasteiger partial charge in [-0.25, -0.2) is 4.79 Å². The van der Waals surface area contributed by atoms with Gasteiger partial charge in [0.2, 0.25) is 0 Å². The fourth-order valence-electron chi connectivity index (χ4n) is 1.38. The molecule has 92 valence electrons. The number of amides is 1. The molecule has 0 aromatic heterocycles. The Kier molecular flexibility index (Phi) is 4.18. The van der Waals surface area contributed by atoms with E-state index in [4.69, 9.17) is 14.6 Å². The van der Waals surface area contributed by atoms with Crippen molar-refractivity contribution in [3.63, 3.8) is 0 Å². The van der Waals surface area contributed by atoms with Gasteiger partial charge in [0, 0.05) is 6.54 Å². The first-order valence-electron chi connectivity index (χ1n) is 5.33. The van der Waals surface area contributed by atoms with Crippen molar-refractivity contribution in [1.29, 1.82) is 0 Å². The van der Waals surface area contributed by atoms with Crippen LogP contribution in [0.25, 0.3) is 0 Å². The number of rotatable bonds is 1. The third-order valence-electron chi connectivity index (χ3n) is 2.05. The Morgan fingerprint density at radius 3 is 2.81 bits per heavy atom. The molecule has 1 aliphatic rings. The summed E-state index contributed by atoms with van der Waals surface area (Å²) in [6, 6.07) is 0. The molecule has 1 saturated heterocycles. The number of ether oxygens (including phenoxy) is 2. The molecule has 0 bridgehead atoms. The average Bonchev–Trinajstić information content (AvgIpc) is 2.16. The van der Waals surface area contributed by atoms with Crippen LogP contribution in [0.1, 0.15) is 20.8 Å². The van der Waals surface area contributed by atoms with Crippen molar-refractivity contribution in [2.45, 2.75) is 32.5 Å². The Morgan fingerprint density at radius 1 is 1.56 bits per heavy atom. The Bertz CT molecular complexity index is 270. The van der Waals surface area contributed by atoms with Crippen LogP contribution in [0, 0.1) is 0 Å². The number of carbonyl (C=O) groups is 1. The summed E-state index contributed by atoms with van der Waals surface area (Å²) >= 11 is 0. The predicted molar refractivity (Wildman–Crippen MR) is 59.3 cm³/mol. The van der Waals surface area contributed by atoms with Gasteiger partial charge in [0.15, 0.2) is 0 Å². The first-order valence-corrected chi connectivity index (χ1v) is 5.33. The van der Waals surface area contributed by atoms with E-state index in [2.05, 4.69) is 0 Å². The molecule has 0 aliphatic carbocycles.